The average Bonchev–Trinajstić information content (AvgIpc) is 3.06. The van der Waals surface area contributed by atoms with Crippen molar-refractivity contribution < 1.29 is 0 Å². The number of nitriles is 1. The number of nitrogens with zero attached hydrogens (tertiary/aromatic N) is 3. The molecule has 2 unspecified atom stereocenters. The van der Waals surface area contributed by atoms with Gasteiger partial charge in [-0.15, -0.1) is 0 Å². The van der Waals surface area contributed by atoms with E-state index in [2.05, 4.69) is 27.7 Å². The molecule has 2 atom stereocenters. The third-order valence-corrected chi connectivity index (χ3v) is 5.83. The van der Waals surface area contributed by atoms with Gasteiger partial charge in [-0.2, -0.15) is 9.64 Å². The average molecular weight is 296 g/mol. The van der Waals surface area contributed by atoms with Gasteiger partial charge in [0.25, 0.3) is 0 Å². The molecule has 1 N–H and O–H groups in total. The first-order valence-electron chi connectivity index (χ1n) is 6.79. The number of thioether (sulfide) groups is 1. The van der Waals surface area contributed by atoms with E-state index in [1.807, 2.05) is 7.05 Å². The highest BCUT2D eigenvalue weighted by Crippen LogP contribution is 2.38. The van der Waals surface area contributed by atoms with Crippen molar-refractivity contribution in [3.63, 3.8) is 0 Å². The second-order valence-corrected chi connectivity index (χ2v) is 6.98. The summed E-state index contributed by atoms with van der Waals surface area (Å²) in [6.07, 6.45) is 5.26. The normalized spacial score (nSPS) is 26.5. The molecule has 1 heterocycles. The predicted molar refractivity (Wildman–Crippen MR) is 79.4 cm³/mol. The van der Waals surface area contributed by atoms with Crippen molar-refractivity contribution in [3.8, 4) is 6.07 Å². The Morgan fingerprint density at radius 3 is 3.11 bits per heavy atom. The molecule has 6 heteroatoms. The van der Waals surface area contributed by atoms with Crippen LogP contribution in [0.5, 0.6) is 0 Å². The summed E-state index contributed by atoms with van der Waals surface area (Å²) in [5.41, 5.74) is -0.295. The third kappa shape index (κ3) is 3.28. The van der Waals surface area contributed by atoms with Gasteiger partial charge in [0.05, 0.1) is 6.07 Å². The van der Waals surface area contributed by atoms with Crippen LogP contribution in [0, 0.1) is 17.2 Å². The summed E-state index contributed by atoms with van der Waals surface area (Å²) in [5, 5.41) is 12.6. The zero-order valence-corrected chi connectivity index (χ0v) is 13.1. The smallest absolute Gasteiger partial charge is 0.170 e. The molecule has 0 bridgehead atoms. The lowest BCUT2D eigenvalue weighted by Gasteiger charge is -2.27. The molecule has 2 rings (SSSR count). The minimum atomic E-state index is -0.295. The van der Waals surface area contributed by atoms with Gasteiger partial charge in [-0.1, -0.05) is 25.1 Å². The zero-order chi connectivity index (χ0) is 13.7. The molecule has 0 spiro atoms. The Labute approximate surface area is 123 Å². The van der Waals surface area contributed by atoms with Gasteiger partial charge in [0.15, 0.2) is 4.34 Å². The molecule has 1 saturated carbocycles. The van der Waals surface area contributed by atoms with Gasteiger partial charge < -0.3 is 5.32 Å². The zero-order valence-electron chi connectivity index (χ0n) is 11.5. The van der Waals surface area contributed by atoms with E-state index < -0.39 is 0 Å². The fourth-order valence-corrected chi connectivity index (χ4v) is 4.55. The van der Waals surface area contributed by atoms with Crippen molar-refractivity contribution in [1.29, 1.82) is 5.26 Å². The largest absolute Gasteiger partial charge is 0.302 e. The maximum Gasteiger partial charge on any atom is 0.170 e. The third-order valence-electron chi connectivity index (χ3n) is 3.92. The second-order valence-electron chi connectivity index (χ2n) is 4.89. The first-order valence-corrected chi connectivity index (χ1v) is 8.55. The van der Waals surface area contributed by atoms with Gasteiger partial charge in [-0.3, -0.25) is 0 Å². The molecule has 1 aromatic heterocycles. The van der Waals surface area contributed by atoms with Crippen LogP contribution in [0.1, 0.15) is 38.4 Å². The van der Waals surface area contributed by atoms with E-state index in [1.165, 1.54) is 11.5 Å². The van der Waals surface area contributed by atoms with Gasteiger partial charge in [0.1, 0.15) is 11.4 Å². The summed E-state index contributed by atoms with van der Waals surface area (Å²) in [5.74, 6) is 2.43. The van der Waals surface area contributed by atoms with Gasteiger partial charge in [0.2, 0.25) is 0 Å². The first kappa shape index (κ1) is 14.8. The number of hydrogen-bond acceptors (Lipinski definition) is 6. The number of hydrogen-bond donors (Lipinski definition) is 1. The van der Waals surface area contributed by atoms with E-state index in [4.69, 9.17) is 0 Å². The topological polar surface area (TPSA) is 61.6 Å². The SMILES string of the molecule is CCc1nsc(SCCC2CCCC2(C#N)NC)n1. The lowest BCUT2D eigenvalue weighted by Crippen LogP contribution is -2.44. The van der Waals surface area contributed by atoms with Crippen molar-refractivity contribution in [2.24, 2.45) is 5.92 Å². The van der Waals surface area contributed by atoms with E-state index >= 15 is 0 Å². The van der Waals surface area contributed by atoms with E-state index in [-0.39, 0.29) is 5.54 Å². The van der Waals surface area contributed by atoms with E-state index in [0.717, 1.165) is 48.0 Å². The molecule has 4 nitrogen and oxygen atoms in total. The number of aryl methyl sites for hydroxylation is 1. The highest BCUT2D eigenvalue weighted by atomic mass is 32.2. The minimum Gasteiger partial charge on any atom is -0.302 e. The summed E-state index contributed by atoms with van der Waals surface area (Å²) < 4.78 is 5.35. The second kappa shape index (κ2) is 6.69. The molecule has 1 fully saturated rings. The van der Waals surface area contributed by atoms with Crippen LogP contribution < -0.4 is 5.32 Å². The van der Waals surface area contributed by atoms with E-state index in [1.54, 1.807) is 11.8 Å². The molecule has 1 aliphatic carbocycles. The van der Waals surface area contributed by atoms with Crippen LogP contribution >= 0.6 is 23.3 Å². The molecule has 0 aromatic carbocycles. The van der Waals surface area contributed by atoms with Crippen LogP contribution in [0.2, 0.25) is 0 Å². The molecule has 0 amide bonds. The number of nitrogens with one attached hydrogen (secondary N) is 1. The van der Waals surface area contributed by atoms with Crippen LogP contribution in [0.4, 0.5) is 0 Å². The summed E-state index contributed by atoms with van der Waals surface area (Å²) in [6.45, 7) is 2.07. The fourth-order valence-electron chi connectivity index (χ4n) is 2.73. The van der Waals surface area contributed by atoms with Crippen LogP contribution in [-0.4, -0.2) is 27.7 Å². The molecular weight excluding hydrogens is 276 g/mol. The molecule has 19 heavy (non-hydrogen) atoms. The van der Waals surface area contributed by atoms with Gasteiger partial charge in [-0.05, 0) is 43.8 Å². The Bertz CT molecular complexity index is 454. The maximum absolute atomic E-state index is 9.40. The van der Waals surface area contributed by atoms with Crippen LogP contribution in [0.25, 0.3) is 0 Å². The lowest BCUT2D eigenvalue weighted by atomic mass is 9.87. The van der Waals surface area contributed by atoms with Crippen molar-refractivity contribution in [2.45, 2.75) is 48.9 Å². The van der Waals surface area contributed by atoms with E-state index in [0.29, 0.717) is 5.92 Å². The summed E-state index contributed by atoms with van der Waals surface area (Å²) in [6, 6.07) is 2.49. The van der Waals surface area contributed by atoms with E-state index in [9.17, 15) is 5.26 Å². The monoisotopic (exact) mass is 296 g/mol. The van der Waals surface area contributed by atoms with Crippen molar-refractivity contribution in [3.05, 3.63) is 5.82 Å². The molecule has 1 aromatic rings. The molecule has 0 radical (unpaired) electrons. The highest BCUT2D eigenvalue weighted by Gasteiger charge is 2.41. The van der Waals surface area contributed by atoms with Crippen molar-refractivity contribution >= 4 is 23.3 Å². The quantitative estimate of drug-likeness (QED) is 0.818. The number of aromatic nitrogens is 2. The lowest BCUT2D eigenvalue weighted by molar-refractivity contribution is 0.332. The van der Waals surface area contributed by atoms with Crippen LogP contribution in [-0.2, 0) is 6.42 Å². The van der Waals surface area contributed by atoms with Crippen LogP contribution in [0.15, 0.2) is 4.34 Å². The summed E-state index contributed by atoms with van der Waals surface area (Å²) in [4.78, 5) is 4.46. The molecule has 104 valence electrons. The van der Waals surface area contributed by atoms with Crippen molar-refractivity contribution in [2.75, 3.05) is 12.8 Å². The van der Waals surface area contributed by atoms with Crippen molar-refractivity contribution in [1.82, 2.24) is 14.7 Å². The van der Waals surface area contributed by atoms with Gasteiger partial charge >= 0.3 is 0 Å². The predicted octanol–water partition coefficient (Wildman–Crippen LogP) is 2.86. The Kier molecular flexibility index (Phi) is 5.20. The summed E-state index contributed by atoms with van der Waals surface area (Å²) >= 11 is 3.26. The van der Waals surface area contributed by atoms with Gasteiger partial charge in [0, 0.05) is 12.2 Å². The van der Waals surface area contributed by atoms with Crippen LogP contribution in [0.3, 0.4) is 0 Å². The van der Waals surface area contributed by atoms with Gasteiger partial charge in [-0.25, -0.2) is 4.98 Å². The highest BCUT2D eigenvalue weighted by molar-refractivity contribution is 8.00. The Morgan fingerprint density at radius 1 is 1.63 bits per heavy atom. The molecule has 0 saturated heterocycles. The molecular formula is C13H20N4S2. The fraction of sp³-hybridized carbons (Fsp3) is 0.769. The minimum absolute atomic E-state index is 0.295. The maximum atomic E-state index is 9.40. The standard InChI is InChI=1S/C13H20N4S2/c1-3-11-16-12(19-17-11)18-8-6-10-5-4-7-13(10,9-14)15-2/h10,15H,3-8H2,1-2H3. The molecule has 1 aliphatic rings. The Morgan fingerprint density at radius 2 is 2.47 bits per heavy atom. The Hall–Kier alpha value is -0.640. The first-order chi connectivity index (χ1) is 9.24. The summed E-state index contributed by atoms with van der Waals surface area (Å²) in [7, 11) is 1.91. The Balaban J connectivity index is 1.84. The molecule has 0 aliphatic heterocycles. The number of rotatable bonds is 6.